The maximum Gasteiger partial charge on any atom is 0.0300 e. The molecule has 0 amide bonds. The summed E-state index contributed by atoms with van der Waals surface area (Å²) in [4.78, 5) is 0. The van der Waals surface area contributed by atoms with Crippen LogP contribution in [0.25, 0.3) is 6.08 Å². The van der Waals surface area contributed by atoms with Gasteiger partial charge in [-0.3, -0.25) is 0 Å². The third-order valence-corrected chi connectivity index (χ3v) is 4.58. The lowest BCUT2D eigenvalue weighted by Gasteiger charge is -2.31. The van der Waals surface area contributed by atoms with Crippen LogP contribution in [0.5, 0.6) is 0 Å². The molecular weight excluding hydrogens is 266 g/mol. The number of hydrogen-bond donors (Lipinski definition) is 1. The molecule has 1 nitrogen and oxygen atoms in total. The van der Waals surface area contributed by atoms with E-state index in [0.717, 1.165) is 5.92 Å². The molecular formula is C21H35N. The Labute approximate surface area is 138 Å². The molecule has 0 heterocycles. The standard InChI is InChI=1S/C19H29N.C2H6/c1-5-8-18-15(3)10-7-12-19(18)16(4)20-17-11-6-9-14(2)13-17;1-2/h5,7-8,10,12,14,16-17,20H,6,9,11,13H2,1-4H3;1-2H3/b8-5-;. The molecule has 1 N–H and O–H groups in total. The summed E-state index contributed by atoms with van der Waals surface area (Å²) in [6, 6.07) is 7.77. The van der Waals surface area contributed by atoms with E-state index in [1.165, 1.54) is 42.4 Å². The van der Waals surface area contributed by atoms with E-state index in [9.17, 15) is 0 Å². The fraction of sp³-hybridized carbons (Fsp3) is 0.619. The molecule has 1 aromatic rings. The number of allylic oxidation sites excluding steroid dienone is 1. The third kappa shape index (κ3) is 5.28. The second kappa shape index (κ2) is 9.84. The minimum absolute atomic E-state index is 0.427. The maximum atomic E-state index is 3.86. The molecule has 1 aliphatic rings. The highest BCUT2D eigenvalue weighted by molar-refractivity contribution is 5.58. The van der Waals surface area contributed by atoms with Crippen LogP contribution >= 0.6 is 0 Å². The summed E-state index contributed by atoms with van der Waals surface area (Å²) in [7, 11) is 0. The first-order chi connectivity index (χ1) is 10.6. The van der Waals surface area contributed by atoms with Gasteiger partial charge in [-0.2, -0.15) is 0 Å². The van der Waals surface area contributed by atoms with Gasteiger partial charge < -0.3 is 5.32 Å². The molecule has 124 valence electrons. The number of rotatable bonds is 4. The van der Waals surface area contributed by atoms with E-state index in [2.05, 4.69) is 63.4 Å². The SMILES string of the molecule is C/C=C\c1c(C)cccc1C(C)NC1CCCC(C)C1.CC. The van der Waals surface area contributed by atoms with Gasteiger partial charge in [0.1, 0.15) is 0 Å². The first-order valence-corrected chi connectivity index (χ1v) is 9.10. The lowest BCUT2D eigenvalue weighted by Crippen LogP contribution is -2.35. The summed E-state index contributed by atoms with van der Waals surface area (Å²) >= 11 is 0. The Kier molecular flexibility index (Phi) is 8.48. The first-order valence-electron chi connectivity index (χ1n) is 9.10. The molecule has 22 heavy (non-hydrogen) atoms. The zero-order valence-corrected chi connectivity index (χ0v) is 15.4. The van der Waals surface area contributed by atoms with Crippen LogP contribution in [0.4, 0.5) is 0 Å². The Morgan fingerprint density at radius 1 is 1.23 bits per heavy atom. The van der Waals surface area contributed by atoms with Gasteiger partial charge in [-0.05, 0) is 56.2 Å². The van der Waals surface area contributed by atoms with E-state index in [-0.39, 0.29) is 0 Å². The van der Waals surface area contributed by atoms with E-state index in [4.69, 9.17) is 0 Å². The summed E-state index contributed by atoms with van der Waals surface area (Å²) in [6.07, 6.45) is 9.82. The molecule has 0 aromatic heterocycles. The topological polar surface area (TPSA) is 12.0 Å². The van der Waals surface area contributed by atoms with Gasteiger partial charge in [0.25, 0.3) is 0 Å². The zero-order valence-electron chi connectivity index (χ0n) is 15.4. The second-order valence-corrected chi connectivity index (χ2v) is 6.43. The highest BCUT2D eigenvalue weighted by Gasteiger charge is 2.21. The highest BCUT2D eigenvalue weighted by Crippen LogP contribution is 2.28. The lowest BCUT2D eigenvalue weighted by molar-refractivity contribution is 0.285. The molecule has 1 aliphatic carbocycles. The second-order valence-electron chi connectivity index (χ2n) is 6.43. The van der Waals surface area contributed by atoms with Gasteiger partial charge in [-0.25, -0.2) is 0 Å². The van der Waals surface area contributed by atoms with Crippen molar-refractivity contribution in [3.05, 3.63) is 41.0 Å². The van der Waals surface area contributed by atoms with E-state index < -0.39 is 0 Å². The summed E-state index contributed by atoms with van der Waals surface area (Å²) < 4.78 is 0. The average Bonchev–Trinajstić information content (AvgIpc) is 2.51. The molecule has 1 aromatic carbocycles. The normalized spacial score (nSPS) is 23.0. The van der Waals surface area contributed by atoms with Gasteiger partial charge >= 0.3 is 0 Å². The Hall–Kier alpha value is -1.08. The van der Waals surface area contributed by atoms with Crippen molar-refractivity contribution in [3.8, 4) is 0 Å². The minimum Gasteiger partial charge on any atom is -0.307 e. The van der Waals surface area contributed by atoms with Crippen molar-refractivity contribution in [2.24, 2.45) is 5.92 Å². The molecule has 3 unspecified atom stereocenters. The van der Waals surface area contributed by atoms with E-state index in [1.54, 1.807) is 0 Å². The van der Waals surface area contributed by atoms with Gasteiger partial charge in [0.05, 0.1) is 0 Å². The van der Waals surface area contributed by atoms with E-state index in [1.807, 2.05) is 13.8 Å². The quantitative estimate of drug-likeness (QED) is 0.689. The van der Waals surface area contributed by atoms with Gasteiger partial charge in [0, 0.05) is 12.1 Å². The van der Waals surface area contributed by atoms with Crippen LogP contribution < -0.4 is 5.32 Å². The molecule has 1 heteroatoms. The molecule has 1 fully saturated rings. The van der Waals surface area contributed by atoms with Crippen molar-refractivity contribution in [3.63, 3.8) is 0 Å². The lowest BCUT2D eigenvalue weighted by atomic mass is 9.86. The Bertz CT molecular complexity index is 461. The number of nitrogens with one attached hydrogen (secondary N) is 1. The monoisotopic (exact) mass is 301 g/mol. The molecule has 0 spiro atoms. The van der Waals surface area contributed by atoms with Crippen molar-refractivity contribution in [2.75, 3.05) is 0 Å². The molecule has 0 bridgehead atoms. The van der Waals surface area contributed by atoms with Gasteiger partial charge in [0.15, 0.2) is 0 Å². The fourth-order valence-electron chi connectivity index (χ4n) is 3.50. The summed E-state index contributed by atoms with van der Waals surface area (Å²) in [5.74, 6) is 0.876. The van der Waals surface area contributed by atoms with Gasteiger partial charge in [0.2, 0.25) is 0 Å². The minimum atomic E-state index is 0.427. The molecule has 2 rings (SSSR count). The fourth-order valence-corrected chi connectivity index (χ4v) is 3.50. The first kappa shape index (κ1) is 19.0. The average molecular weight is 302 g/mol. The largest absolute Gasteiger partial charge is 0.307 e. The van der Waals surface area contributed by atoms with E-state index in [0.29, 0.717) is 12.1 Å². The Morgan fingerprint density at radius 2 is 1.95 bits per heavy atom. The van der Waals surface area contributed by atoms with Gasteiger partial charge in [-0.15, -0.1) is 0 Å². The third-order valence-electron chi connectivity index (χ3n) is 4.58. The highest BCUT2D eigenvalue weighted by atomic mass is 14.9. The van der Waals surface area contributed by atoms with Crippen LogP contribution in [0.3, 0.4) is 0 Å². The Morgan fingerprint density at radius 3 is 2.59 bits per heavy atom. The summed E-state index contributed by atoms with van der Waals surface area (Å²) in [6.45, 7) is 13.0. The van der Waals surface area contributed by atoms with Crippen LogP contribution in [0.2, 0.25) is 0 Å². The molecule has 0 saturated heterocycles. The number of benzene rings is 1. The molecule has 1 saturated carbocycles. The van der Waals surface area contributed by atoms with Crippen molar-refractivity contribution >= 4 is 6.08 Å². The molecule has 3 atom stereocenters. The van der Waals surface area contributed by atoms with Crippen molar-refractivity contribution in [1.82, 2.24) is 5.32 Å². The van der Waals surface area contributed by atoms with Crippen molar-refractivity contribution in [1.29, 1.82) is 0 Å². The predicted molar refractivity (Wildman–Crippen MR) is 100 cm³/mol. The van der Waals surface area contributed by atoms with Crippen LogP contribution in [-0.2, 0) is 0 Å². The Balaban J connectivity index is 0.00000116. The van der Waals surface area contributed by atoms with Gasteiger partial charge in [-0.1, -0.05) is 64.0 Å². The summed E-state index contributed by atoms with van der Waals surface area (Å²) in [5.41, 5.74) is 4.19. The predicted octanol–water partition coefficient (Wildman–Crippen LogP) is 6.28. The van der Waals surface area contributed by atoms with Crippen LogP contribution in [0.15, 0.2) is 24.3 Å². The van der Waals surface area contributed by atoms with E-state index >= 15 is 0 Å². The maximum absolute atomic E-state index is 3.86. The number of aryl methyl sites for hydroxylation is 1. The van der Waals surface area contributed by atoms with Crippen molar-refractivity contribution < 1.29 is 0 Å². The molecule has 0 aliphatic heterocycles. The number of hydrogen-bond acceptors (Lipinski definition) is 1. The summed E-state index contributed by atoms with van der Waals surface area (Å²) in [5, 5.41) is 3.86. The zero-order chi connectivity index (χ0) is 16.5. The van der Waals surface area contributed by atoms with Crippen LogP contribution in [0, 0.1) is 12.8 Å². The smallest absolute Gasteiger partial charge is 0.0300 e. The molecule has 0 radical (unpaired) electrons. The van der Waals surface area contributed by atoms with Crippen LogP contribution in [-0.4, -0.2) is 6.04 Å². The van der Waals surface area contributed by atoms with Crippen LogP contribution in [0.1, 0.15) is 83.0 Å². The van der Waals surface area contributed by atoms with Crippen molar-refractivity contribution in [2.45, 2.75) is 79.3 Å².